The molecule has 0 aliphatic heterocycles. The highest BCUT2D eigenvalue weighted by molar-refractivity contribution is 6.32. The van der Waals surface area contributed by atoms with E-state index < -0.39 is 4.92 Å². The zero-order valence-corrected chi connectivity index (χ0v) is 11.5. The number of likely N-dealkylation sites (N-methyl/N-ethyl adjacent to an activating group) is 1. The summed E-state index contributed by atoms with van der Waals surface area (Å²) in [6, 6.07) is 4.80. The Morgan fingerprint density at radius 3 is 2.84 bits per heavy atom. The van der Waals surface area contributed by atoms with E-state index in [-0.39, 0.29) is 28.6 Å². The Balaban J connectivity index is 2.24. The highest BCUT2D eigenvalue weighted by Crippen LogP contribution is 2.36. The topological polar surface area (TPSA) is 64.4 Å². The minimum absolute atomic E-state index is 0.0719. The monoisotopic (exact) mass is 284 g/mol. The number of hydrogen-bond acceptors (Lipinski definition) is 4. The van der Waals surface area contributed by atoms with Gasteiger partial charge in [-0.15, -0.1) is 0 Å². The van der Waals surface area contributed by atoms with E-state index in [0.717, 1.165) is 25.7 Å². The van der Waals surface area contributed by atoms with Crippen LogP contribution in [0.5, 0.6) is 5.75 Å². The Labute approximate surface area is 117 Å². The van der Waals surface area contributed by atoms with Gasteiger partial charge in [0.15, 0.2) is 0 Å². The lowest BCUT2D eigenvalue weighted by Crippen LogP contribution is -2.43. The summed E-state index contributed by atoms with van der Waals surface area (Å²) in [6.45, 7) is 0. The van der Waals surface area contributed by atoms with Gasteiger partial charge >= 0.3 is 5.69 Å². The Morgan fingerprint density at radius 2 is 2.16 bits per heavy atom. The fourth-order valence-electron chi connectivity index (χ4n) is 2.48. The lowest BCUT2D eigenvalue weighted by molar-refractivity contribution is -0.386. The smallest absolute Gasteiger partial charge is 0.312 e. The van der Waals surface area contributed by atoms with Crippen LogP contribution in [0.3, 0.4) is 0 Å². The number of para-hydroxylation sites is 1. The minimum atomic E-state index is -0.460. The summed E-state index contributed by atoms with van der Waals surface area (Å²) in [7, 11) is 1.88. The van der Waals surface area contributed by atoms with Crippen LogP contribution in [0.4, 0.5) is 5.69 Å². The first-order valence-electron chi connectivity index (χ1n) is 6.40. The second-order valence-corrected chi connectivity index (χ2v) is 5.09. The number of halogens is 1. The largest absolute Gasteiger partial charge is 0.481 e. The van der Waals surface area contributed by atoms with Gasteiger partial charge in [-0.2, -0.15) is 0 Å². The Bertz CT molecular complexity index is 467. The van der Waals surface area contributed by atoms with Gasteiger partial charge in [0, 0.05) is 12.1 Å². The number of hydrogen-bond donors (Lipinski definition) is 1. The molecule has 0 bridgehead atoms. The number of nitrogens with one attached hydrogen (secondary N) is 1. The highest BCUT2D eigenvalue weighted by Gasteiger charge is 2.29. The molecule has 1 aliphatic carbocycles. The minimum Gasteiger partial charge on any atom is -0.481 e. The molecule has 0 saturated heterocycles. The van der Waals surface area contributed by atoms with Gasteiger partial charge in [0.25, 0.3) is 0 Å². The molecule has 2 atom stereocenters. The fraction of sp³-hybridized carbons (Fsp3) is 0.538. The summed E-state index contributed by atoms with van der Waals surface area (Å²) in [4.78, 5) is 10.6. The average molecular weight is 285 g/mol. The second-order valence-electron chi connectivity index (χ2n) is 4.68. The summed E-state index contributed by atoms with van der Waals surface area (Å²) < 4.78 is 5.85. The summed E-state index contributed by atoms with van der Waals surface area (Å²) >= 11 is 6.03. The number of rotatable bonds is 4. The third-order valence-electron chi connectivity index (χ3n) is 3.49. The zero-order valence-electron chi connectivity index (χ0n) is 10.8. The van der Waals surface area contributed by atoms with Crippen LogP contribution in [0.25, 0.3) is 0 Å². The Kier molecular flexibility index (Phi) is 4.61. The SMILES string of the molecule is CNC1CCCCC1Oc1c(Cl)cccc1[N+](=O)[O-]. The van der Waals surface area contributed by atoms with Crippen molar-refractivity contribution < 1.29 is 9.66 Å². The molecule has 2 unspecified atom stereocenters. The molecule has 104 valence electrons. The van der Waals surface area contributed by atoms with Gasteiger partial charge in [-0.05, 0) is 32.4 Å². The molecule has 0 heterocycles. The maximum atomic E-state index is 11.0. The van der Waals surface area contributed by atoms with Crippen LogP contribution in [-0.4, -0.2) is 24.1 Å². The van der Waals surface area contributed by atoms with Crippen molar-refractivity contribution in [2.24, 2.45) is 0 Å². The average Bonchev–Trinajstić information content (AvgIpc) is 2.41. The molecule has 5 nitrogen and oxygen atoms in total. The predicted octanol–water partition coefficient (Wildman–Crippen LogP) is 3.16. The van der Waals surface area contributed by atoms with Crippen molar-refractivity contribution >= 4 is 17.3 Å². The lowest BCUT2D eigenvalue weighted by Gasteiger charge is -2.31. The van der Waals surface area contributed by atoms with E-state index in [1.165, 1.54) is 6.07 Å². The molecule has 2 rings (SSSR count). The molecule has 1 aliphatic rings. The first kappa shape index (κ1) is 14.1. The molecule has 1 aromatic carbocycles. The maximum Gasteiger partial charge on any atom is 0.312 e. The summed E-state index contributed by atoms with van der Waals surface area (Å²) in [6.07, 6.45) is 4.04. The van der Waals surface area contributed by atoms with E-state index in [4.69, 9.17) is 16.3 Å². The van der Waals surface area contributed by atoms with Gasteiger partial charge < -0.3 is 10.1 Å². The first-order valence-corrected chi connectivity index (χ1v) is 6.78. The van der Waals surface area contributed by atoms with E-state index in [1.54, 1.807) is 12.1 Å². The van der Waals surface area contributed by atoms with Crippen molar-refractivity contribution in [3.63, 3.8) is 0 Å². The van der Waals surface area contributed by atoms with Crippen molar-refractivity contribution in [2.75, 3.05) is 7.05 Å². The molecule has 19 heavy (non-hydrogen) atoms. The van der Waals surface area contributed by atoms with Crippen molar-refractivity contribution in [2.45, 2.75) is 37.8 Å². The van der Waals surface area contributed by atoms with Crippen LogP contribution < -0.4 is 10.1 Å². The van der Waals surface area contributed by atoms with Crippen LogP contribution in [0, 0.1) is 10.1 Å². The van der Waals surface area contributed by atoms with Crippen LogP contribution in [0.1, 0.15) is 25.7 Å². The van der Waals surface area contributed by atoms with E-state index in [9.17, 15) is 10.1 Å². The number of benzene rings is 1. The first-order chi connectivity index (χ1) is 9.13. The van der Waals surface area contributed by atoms with Crippen molar-refractivity contribution in [1.82, 2.24) is 5.32 Å². The van der Waals surface area contributed by atoms with E-state index in [0.29, 0.717) is 0 Å². The molecular formula is C13H17ClN2O3. The molecule has 1 fully saturated rings. The Morgan fingerprint density at radius 1 is 1.42 bits per heavy atom. The van der Waals surface area contributed by atoms with Crippen molar-refractivity contribution in [3.05, 3.63) is 33.3 Å². The number of nitro groups is 1. The van der Waals surface area contributed by atoms with Crippen molar-refractivity contribution in [1.29, 1.82) is 0 Å². The standard InChI is InChI=1S/C13H17ClN2O3/c1-15-10-6-2-3-8-12(10)19-13-9(14)5-4-7-11(13)16(17)18/h4-5,7,10,12,15H,2-3,6,8H2,1H3. The molecule has 0 spiro atoms. The molecule has 1 aromatic rings. The Hall–Kier alpha value is -1.33. The highest BCUT2D eigenvalue weighted by atomic mass is 35.5. The maximum absolute atomic E-state index is 11.0. The lowest BCUT2D eigenvalue weighted by atomic mass is 9.92. The van der Waals surface area contributed by atoms with Crippen LogP contribution in [0.15, 0.2) is 18.2 Å². The predicted molar refractivity (Wildman–Crippen MR) is 73.8 cm³/mol. The molecule has 0 aromatic heterocycles. The number of nitro benzene ring substituents is 1. The third-order valence-corrected chi connectivity index (χ3v) is 3.78. The summed E-state index contributed by atoms with van der Waals surface area (Å²) in [5.41, 5.74) is -0.0760. The molecule has 1 N–H and O–H groups in total. The fourth-order valence-corrected chi connectivity index (χ4v) is 2.69. The third kappa shape index (κ3) is 3.16. The van der Waals surface area contributed by atoms with Gasteiger partial charge in [-0.25, -0.2) is 0 Å². The van der Waals surface area contributed by atoms with Crippen LogP contribution in [-0.2, 0) is 0 Å². The van der Waals surface area contributed by atoms with Crippen LogP contribution >= 0.6 is 11.6 Å². The van der Waals surface area contributed by atoms with Crippen molar-refractivity contribution in [3.8, 4) is 5.75 Å². The van der Waals surface area contributed by atoms with Gasteiger partial charge in [-0.3, -0.25) is 10.1 Å². The second kappa shape index (κ2) is 6.21. The van der Waals surface area contributed by atoms with Gasteiger partial charge in [0.1, 0.15) is 6.10 Å². The van der Waals surface area contributed by atoms with E-state index in [1.807, 2.05) is 7.05 Å². The molecule has 0 radical (unpaired) electrons. The summed E-state index contributed by atoms with van der Waals surface area (Å²) in [5.74, 6) is 0.182. The molecule has 6 heteroatoms. The molecule has 1 saturated carbocycles. The summed E-state index contributed by atoms with van der Waals surface area (Å²) in [5, 5.41) is 14.5. The zero-order chi connectivity index (χ0) is 13.8. The molecular weight excluding hydrogens is 268 g/mol. The quantitative estimate of drug-likeness (QED) is 0.681. The van der Waals surface area contributed by atoms with Gasteiger partial charge in [-0.1, -0.05) is 24.1 Å². The van der Waals surface area contributed by atoms with E-state index in [2.05, 4.69) is 5.32 Å². The van der Waals surface area contributed by atoms with Gasteiger partial charge in [0.05, 0.1) is 9.95 Å². The number of nitrogens with zero attached hydrogens (tertiary/aromatic N) is 1. The van der Waals surface area contributed by atoms with Gasteiger partial charge in [0.2, 0.25) is 5.75 Å². The number of ether oxygens (including phenoxy) is 1. The normalized spacial score (nSPS) is 23.1. The van der Waals surface area contributed by atoms with E-state index >= 15 is 0 Å². The van der Waals surface area contributed by atoms with Crippen LogP contribution in [0.2, 0.25) is 5.02 Å². The molecule has 0 amide bonds.